The predicted molar refractivity (Wildman–Crippen MR) is 347 cm³/mol. The fraction of sp³-hybridized carbons (Fsp3) is 0.485. The second-order valence-corrected chi connectivity index (χ2v) is 45.7. The normalized spacial score (nSPS) is 15.2. The molecule has 0 saturated heterocycles. The number of halogens is 3. The van der Waals surface area contributed by atoms with Crippen LogP contribution in [0.5, 0.6) is 0 Å². The minimum absolute atomic E-state index is 0.0452. The minimum atomic E-state index is -4.23. The van der Waals surface area contributed by atoms with Crippen molar-refractivity contribution in [2.75, 3.05) is 14.1 Å². The van der Waals surface area contributed by atoms with Gasteiger partial charge in [0.2, 0.25) is 0 Å². The van der Waals surface area contributed by atoms with Gasteiger partial charge >= 0.3 is 504 Å². The molecule has 15 heteroatoms. The van der Waals surface area contributed by atoms with E-state index in [1.165, 1.54) is 6.07 Å². The van der Waals surface area contributed by atoms with Gasteiger partial charge in [-0.25, -0.2) is 0 Å². The summed E-state index contributed by atoms with van der Waals surface area (Å²) >= 11 is 9.67. The summed E-state index contributed by atoms with van der Waals surface area (Å²) in [7, 11) is 3.69. The first kappa shape index (κ1) is 67.1. The molecule has 0 fully saturated rings. The van der Waals surface area contributed by atoms with Crippen LogP contribution < -0.4 is 31.9 Å². The Morgan fingerprint density at radius 1 is 0.481 bits per heavy atom. The molecular formula is C66H93Br2FN4O6P2. The second-order valence-electron chi connectivity index (χ2n) is 27.1. The zero-order valence-corrected chi connectivity index (χ0v) is 56.4. The van der Waals surface area contributed by atoms with E-state index >= 15 is 14.0 Å². The Morgan fingerprint density at radius 3 is 1.02 bits per heavy atom. The molecule has 0 aliphatic rings. The van der Waals surface area contributed by atoms with E-state index in [9.17, 15) is 9.59 Å². The summed E-state index contributed by atoms with van der Waals surface area (Å²) < 4.78 is 28.5. The Morgan fingerprint density at radius 2 is 0.765 bits per heavy atom. The number of alkyl carbamates (subject to hydrolysis) is 2. The average molecular weight is 1280 g/mol. The molecule has 10 nitrogen and oxygen atoms in total. The van der Waals surface area contributed by atoms with Gasteiger partial charge in [0.1, 0.15) is 0 Å². The van der Waals surface area contributed by atoms with Crippen LogP contribution in [-0.2, 0) is 31.4 Å². The molecule has 0 bridgehead atoms. The van der Waals surface area contributed by atoms with Crippen LogP contribution in [0, 0.1) is 28.5 Å². The number of hydrogen-bond acceptors (Lipinski definition) is 6. The fourth-order valence-corrected chi connectivity index (χ4v) is 30.1. The standard InChI is InChI=1S/C66H93Br2FN4O6P2/c1-46(2)41-55(72(17)59(74)57(63(5,6)7)70-61(76)78-65(11,12)13)80(67,51-31-23-19-24-32-51,52-33-25-20-26-34-52)44-48-39-40-50(69)43-49(48)45-81(68,53-35-27-21-28-36-53,54-37-29-22-30-38-54)56(42-47(3)4)73(18)60(75)58(64(8,9)10)71-62(77)79-66(14,15)16/h19-40,43,46-47,55-58H,41-42,44-45H2,1-18H3,(H,70,76)(H,71,77)/t55?,56?,57-,58-/m1/s1. The Hall–Kier alpha value is -4.67. The van der Waals surface area contributed by atoms with Gasteiger partial charge in [0, 0.05) is 0 Å². The van der Waals surface area contributed by atoms with Gasteiger partial charge in [0.15, 0.2) is 0 Å². The zero-order valence-electron chi connectivity index (χ0n) is 51.4. The van der Waals surface area contributed by atoms with Gasteiger partial charge in [0.05, 0.1) is 0 Å². The van der Waals surface area contributed by atoms with Crippen molar-refractivity contribution in [3.8, 4) is 0 Å². The van der Waals surface area contributed by atoms with Gasteiger partial charge in [-0.15, -0.1) is 0 Å². The maximum absolute atomic E-state index is 17.0. The number of nitrogens with one attached hydrogen (secondary N) is 2. The van der Waals surface area contributed by atoms with Crippen molar-refractivity contribution in [3.63, 3.8) is 0 Å². The predicted octanol–water partition coefficient (Wildman–Crippen LogP) is 15.4. The maximum atomic E-state index is 17.0. The van der Waals surface area contributed by atoms with Crippen LogP contribution in [0.25, 0.3) is 0 Å². The molecule has 0 radical (unpaired) electrons. The molecule has 5 aromatic carbocycles. The molecule has 81 heavy (non-hydrogen) atoms. The third-order valence-corrected chi connectivity index (χ3v) is 35.6. The number of ether oxygens (including phenoxy) is 2. The zero-order chi connectivity index (χ0) is 60.8. The molecule has 0 aromatic heterocycles. The van der Waals surface area contributed by atoms with E-state index in [1.54, 1.807) is 47.6 Å². The van der Waals surface area contributed by atoms with E-state index in [-0.39, 0.29) is 29.8 Å². The molecule has 444 valence electrons. The first-order chi connectivity index (χ1) is 37.3. The number of benzene rings is 5. The Balaban J connectivity index is 1.94. The van der Waals surface area contributed by atoms with Gasteiger partial charge < -0.3 is 0 Å². The first-order valence-corrected chi connectivity index (χ1v) is 37.3. The molecule has 0 aliphatic heterocycles. The quantitative estimate of drug-likeness (QED) is 0.0750. The Kier molecular flexibility index (Phi) is 21.3. The number of rotatable bonds is 20. The number of carbonyl (C=O) groups is 4. The SMILES string of the molecule is CC(C)CC(N(C)C(=O)[C@@H](NC(=O)OC(C)(C)C)C(C)(C)C)P(Br)(Cc1ccc(F)cc1CP(Br)(c1ccccc1)(c1ccccc1)C(CC(C)C)N(C)C(=O)[C@@H](NC(=O)OC(C)(C)C)C(C)(C)C)(c1ccccc1)c1ccccc1. The van der Waals surface area contributed by atoms with E-state index in [4.69, 9.17) is 40.5 Å². The molecule has 4 amide bonds. The van der Waals surface area contributed by atoms with E-state index < -0.39 is 74.3 Å². The topological polar surface area (TPSA) is 117 Å². The third-order valence-electron chi connectivity index (χ3n) is 15.1. The Bertz CT molecular complexity index is 2860. The van der Waals surface area contributed by atoms with Crippen LogP contribution in [-0.4, -0.2) is 82.7 Å². The second kappa shape index (κ2) is 25.7. The summed E-state index contributed by atoms with van der Waals surface area (Å²) in [5.74, 6) is -2.03. The summed E-state index contributed by atoms with van der Waals surface area (Å²) in [5.41, 5.74) is -1.54. The van der Waals surface area contributed by atoms with Crippen LogP contribution in [0.2, 0.25) is 0 Å². The van der Waals surface area contributed by atoms with Crippen LogP contribution in [0.15, 0.2) is 140 Å². The van der Waals surface area contributed by atoms with Gasteiger partial charge in [-0.05, 0) is 0 Å². The molecule has 0 aliphatic carbocycles. The fourth-order valence-electron chi connectivity index (χ4n) is 11.3. The van der Waals surface area contributed by atoms with Crippen molar-refractivity contribution in [1.82, 2.24) is 20.4 Å². The molecule has 2 unspecified atom stereocenters. The molecule has 2 N–H and O–H groups in total. The van der Waals surface area contributed by atoms with Gasteiger partial charge in [-0.1, -0.05) is 0 Å². The summed E-state index contributed by atoms with van der Waals surface area (Å²) in [6.07, 6.45) is 0.247. The number of hydrogen-bond donors (Lipinski definition) is 2. The molecule has 0 spiro atoms. The van der Waals surface area contributed by atoms with E-state index in [0.717, 1.165) is 32.3 Å². The molecular weight excluding hydrogens is 1190 g/mol. The summed E-state index contributed by atoms with van der Waals surface area (Å²) in [6, 6.07) is 44.3. The molecule has 4 atom stereocenters. The van der Waals surface area contributed by atoms with E-state index in [1.807, 2.05) is 144 Å². The van der Waals surface area contributed by atoms with Crippen molar-refractivity contribution < 1.29 is 33.0 Å². The average Bonchev–Trinajstić information content (AvgIpc) is 3.37. The summed E-state index contributed by atoms with van der Waals surface area (Å²) in [5, 5.41) is 1.45. The van der Waals surface area contributed by atoms with Crippen LogP contribution in [0.4, 0.5) is 14.0 Å². The van der Waals surface area contributed by atoms with Crippen molar-refractivity contribution >= 4 is 86.8 Å². The van der Waals surface area contributed by atoms with Crippen LogP contribution >= 0.6 is 41.6 Å². The van der Waals surface area contributed by atoms with Gasteiger partial charge in [0.25, 0.3) is 0 Å². The Labute approximate surface area is 501 Å². The third kappa shape index (κ3) is 15.4. The van der Waals surface area contributed by atoms with Crippen LogP contribution in [0.1, 0.15) is 135 Å². The van der Waals surface area contributed by atoms with Gasteiger partial charge in [-0.2, -0.15) is 0 Å². The van der Waals surface area contributed by atoms with Crippen molar-refractivity contribution in [3.05, 3.63) is 156 Å². The van der Waals surface area contributed by atoms with Crippen molar-refractivity contribution in [2.45, 2.75) is 171 Å². The number of amides is 4. The number of carbonyl (C=O) groups excluding carboxylic acids is 4. The molecule has 5 rings (SSSR count). The number of likely N-dealkylation sites (N-methyl/N-ethyl adjacent to an activating group) is 2. The van der Waals surface area contributed by atoms with Gasteiger partial charge in [-0.3, -0.25) is 0 Å². The molecule has 5 aromatic rings. The first-order valence-electron chi connectivity index (χ1n) is 28.3. The molecule has 0 saturated carbocycles. The summed E-state index contributed by atoms with van der Waals surface area (Å²) in [4.78, 5) is 62.8. The van der Waals surface area contributed by atoms with Crippen molar-refractivity contribution in [2.24, 2.45) is 22.7 Å². The van der Waals surface area contributed by atoms with E-state index in [2.05, 4.69) is 86.9 Å². The van der Waals surface area contributed by atoms with Crippen molar-refractivity contribution in [1.29, 1.82) is 0 Å². The molecule has 0 heterocycles. The monoisotopic (exact) mass is 1280 g/mol. The number of nitrogens with zero attached hydrogens (tertiary/aromatic N) is 2. The summed E-state index contributed by atoms with van der Waals surface area (Å²) in [6.45, 7) is 31.0. The van der Waals surface area contributed by atoms with E-state index in [0.29, 0.717) is 19.0 Å². The van der Waals surface area contributed by atoms with Crippen LogP contribution in [0.3, 0.4) is 0 Å².